The molecule has 0 aliphatic carbocycles. The smallest absolute Gasteiger partial charge is 0.341 e. The molecule has 0 spiro atoms. The van der Waals surface area contributed by atoms with E-state index in [2.05, 4.69) is 10.4 Å². The number of carbonyl (C=O) groups excluding carboxylic acids is 2. The minimum absolute atomic E-state index is 0.102. The predicted octanol–water partition coefficient (Wildman–Crippen LogP) is 2.38. The summed E-state index contributed by atoms with van der Waals surface area (Å²) in [6, 6.07) is 1.75. The van der Waals surface area contributed by atoms with Gasteiger partial charge in [0.15, 0.2) is 0 Å². The van der Waals surface area contributed by atoms with Crippen molar-refractivity contribution in [1.29, 1.82) is 0 Å². The molecule has 0 fully saturated rings. The first-order valence-electron chi connectivity index (χ1n) is 6.57. The third-order valence-electron chi connectivity index (χ3n) is 2.98. The number of hydrogen-bond donors (Lipinski definition) is 1. The summed E-state index contributed by atoms with van der Waals surface area (Å²) >= 11 is 1.37. The lowest BCUT2D eigenvalue weighted by Gasteiger charge is -2.07. The van der Waals surface area contributed by atoms with Crippen LogP contribution in [-0.4, -0.2) is 28.3 Å². The summed E-state index contributed by atoms with van der Waals surface area (Å²) in [5.41, 5.74) is 1.28. The van der Waals surface area contributed by atoms with Gasteiger partial charge in [0.25, 0.3) is 0 Å². The zero-order valence-electron chi connectivity index (χ0n) is 12.2. The van der Waals surface area contributed by atoms with Crippen LogP contribution < -0.4 is 5.32 Å². The molecule has 2 aromatic heterocycles. The molecule has 0 bridgehead atoms. The number of esters is 1. The maximum absolute atomic E-state index is 12.0. The van der Waals surface area contributed by atoms with Crippen LogP contribution in [0.1, 0.15) is 27.7 Å². The molecule has 1 N–H and O–H groups in total. The molecule has 112 valence electrons. The standard InChI is InChI=1S/C14H17N3O3S/c1-4-20-14(19)12-9(2)10(3)21-13(12)16-11(18)8-17-7-5-6-15-17/h5-7H,4,8H2,1-3H3,(H,16,18). The normalized spacial score (nSPS) is 10.4. The van der Waals surface area contributed by atoms with Gasteiger partial charge in [-0.3, -0.25) is 9.48 Å². The van der Waals surface area contributed by atoms with Crippen molar-refractivity contribution < 1.29 is 14.3 Å². The maximum Gasteiger partial charge on any atom is 0.341 e. The SMILES string of the molecule is CCOC(=O)c1c(NC(=O)Cn2cccn2)sc(C)c1C. The predicted molar refractivity (Wildman–Crippen MR) is 80.6 cm³/mol. The third-order valence-corrected chi connectivity index (χ3v) is 4.11. The van der Waals surface area contributed by atoms with Gasteiger partial charge in [0.1, 0.15) is 11.5 Å². The lowest BCUT2D eigenvalue weighted by Crippen LogP contribution is -2.20. The number of anilines is 1. The second-order valence-electron chi connectivity index (χ2n) is 4.46. The number of aromatic nitrogens is 2. The maximum atomic E-state index is 12.0. The lowest BCUT2D eigenvalue weighted by molar-refractivity contribution is -0.116. The summed E-state index contributed by atoms with van der Waals surface area (Å²) in [5, 5.41) is 7.27. The largest absolute Gasteiger partial charge is 0.462 e. The second kappa shape index (κ2) is 6.53. The molecule has 0 atom stereocenters. The van der Waals surface area contributed by atoms with E-state index in [0.717, 1.165) is 10.4 Å². The Morgan fingerprint density at radius 2 is 2.19 bits per heavy atom. The molecule has 0 saturated heterocycles. The highest BCUT2D eigenvalue weighted by Gasteiger charge is 2.22. The lowest BCUT2D eigenvalue weighted by atomic mass is 10.1. The van der Waals surface area contributed by atoms with Gasteiger partial charge in [-0.15, -0.1) is 11.3 Å². The number of carbonyl (C=O) groups is 2. The minimum atomic E-state index is -0.409. The van der Waals surface area contributed by atoms with Crippen LogP contribution in [0.15, 0.2) is 18.5 Å². The molecular formula is C14H17N3O3S. The molecule has 2 heterocycles. The molecule has 0 aromatic carbocycles. The van der Waals surface area contributed by atoms with E-state index >= 15 is 0 Å². The first-order valence-corrected chi connectivity index (χ1v) is 7.39. The molecule has 2 aromatic rings. The summed E-state index contributed by atoms with van der Waals surface area (Å²) in [7, 11) is 0. The zero-order chi connectivity index (χ0) is 15.4. The van der Waals surface area contributed by atoms with Crippen molar-refractivity contribution in [3.63, 3.8) is 0 Å². The number of ether oxygens (including phenoxy) is 1. The molecule has 6 nitrogen and oxygen atoms in total. The van der Waals surface area contributed by atoms with Crippen LogP contribution in [0.5, 0.6) is 0 Å². The Bertz CT molecular complexity index is 647. The van der Waals surface area contributed by atoms with Crippen LogP contribution in [0.25, 0.3) is 0 Å². The molecule has 7 heteroatoms. The van der Waals surface area contributed by atoms with Gasteiger partial charge in [-0.1, -0.05) is 0 Å². The zero-order valence-corrected chi connectivity index (χ0v) is 13.0. The van der Waals surface area contributed by atoms with E-state index in [1.165, 1.54) is 16.0 Å². The number of nitrogens with zero attached hydrogens (tertiary/aromatic N) is 2. The highest BCUT2D eigenvalue weighted by molar-refractivity contribution is 7.16. The molecule has 0 aliphatic heterocycles. The molecule has 0 saturated carbocycles. The van der Waals surface area contributed by atoms with Crippen LogP contribution in [0.3, 0.4) is 0 Å². The molecule has 0 aliphatic rings. The van der Waals surface area contributed by atoms with Crippen LogP contribution in [0.4, 0.5) is 5.00 Å². The van der Waals surface area contributed by atoms with E-state index < -0.39 is 5.97 Å². The summed E-state index contributed by atoms with van der Waals surface area (Å²) in [4.78, 5) is 25.0. The van der Waals surface area contributed by atoms with Gasteiger partial charge in [0.05, 0.1) is 12.2 Å². The molecule has 21 heavy (non-hydrogen) atoms. The molecular weight excluding hydrogens is 290 g/mol. The molecule has 0 radical (unpaired) electrons. The van der Waals surface area contributed by atoms with Crippen molar-refractivity contribution in [3.05, 3.63) is 34.5 Å². The Labute approximate surface area is 126 Å². The fraction of sp³-hybridized carbons (Fsp3) is 0.357. The second-order valence-corrected chi connectivity index (χ2v) is 5.68. The monoisotopic (exact) mass is 307 g/mol. The Morgan fingerprint density at radius 3 is 2.81 bits per heavy atom. The Hall–Kier alpha value is -2.15. The van der Waals surface area contributed by atoms with Crippen molar-refractivity contribution in [2.24, 2.45) is 0 Å². The number of thiophene rings is 1. The van der Waals surface area contributed by atoms with Gasteiger partial charge in [0, 0.05) is 17.3 Å². The van der Waals surface area contributed by atoms with Crippen molar-refractivity contribution >= 4 is 28.2 Å². The molecule has 2 rings (SSSR count). The van der Waals surface area contributed by atoms with Gasteiger partial charge < -0.3 is 10.1 Å². The average molecular weight is 307 g/mol. The number of hydrogen-bond acceptors (Lipinski definition) is 5. The van der Waals surface area contributed by atoms with Crippen molar-refractivity contribution in [3.8, 4) is 0 Å². The molecule has 1 amide bonds. The highest BCUT2D eigenvalue weighted by Crippen LogP contribution is 2.33. The van der Waals surface area contributed by atoms with E-state index in [0.29, 0.717) is 17.2 Å². The van der Waals surface area contributed by atoms with Crippen molar-refractivity contribution in [2.45, 2.75) is 27.3 Å². The van der Waals surface area contributed by atoms with Crippen molar-refractivity contribution in [1.82, 2.24) is 9.78 Å². The first-order chi connectivity index (χ1) is 10.0. The van der Waals surface area contributed by atoms with Crippen LogP contribution >= 0.6 is 11.3 Å². The van der Waals surface area contributed by atoms with E-state index in [4.69, 9.17) is 4.74 Å². The number of nitrogens with one attached hydrogen (secondary N) is 1. The average Bonchev–Trinajstić information content (AvgIpc) is 2.99. The van der Waals surface area contributed by atoms with Crippen LogP contribution in [0, 0.1) is 13.8 Å². The number of aryl methyl sites for hydroxylation is 1. The summed E-state index contributed by atoms with van der Waals surface area (Å²) in [6.45, 7) is 5.91. The minimum Gasteiger partial charge on any atom is -0.462 e. The Kier molecular flexibility index (Phi) is 4.74. The Balaban J connectivity index is 2.17. The number of amides is 1. The van der Waals surface area contributed by atoms with E-state index in [1.54, 1.807) is 25.4 Å². The fourth-order valence-electron chi connectivity index (χ4n) is 1.87. The number of rotatable bonds is 5. The Morgan fingerprint density at radius 1 is 1.43 bits per heavy atom. The topological polar surface area (TPSA) is 73.2 Å². The van der Waals surface area contributed by atoms with Crippen molar-refractivity contribution in [2.75, 3.05) is 11.9 Å². The fourth-order valence-corrected chi connectivity index (χ4v) is 2.94. The summed E-state index contributed by atoms with van der Waals surface area (Å²) < 4.78 is 6.57. The van der Waals surface area contributed by atoms with Crippen LogP contribution in [-0.2, 0) is 16.1 Å². The third kappa shape index (κ3) is 3.49. The molecule has 0 unspecified atom stereocenters. The van der Waals surface area contributed by atoms with Gasteiger partial charge >= 0.3 is 5.97 Å². The van der Waals surface area contributed by atoms with E-state index in [-0.39, 0.29) is 12.5 Å². The van der Waals surface area contributed by atoms with Gasteiger partial charge in [-0.2, -0.15) is 5.10 Å². The summed E-state index contributed by atoms with van der Waals surface area (Å²) in [6.07, 6.45) is 3.31. The van der Waals surface area contributed by atoms with Gasteiger partial charge in [0.2, 0.25) is 5.91 Å². The van der Waals surface area contributed by atoms with E-state index in [1.807, 2.05) is 13.8 Å². The first kappa shape index (κ1) is 15.2. The van der Waals surface area contributed by atoms with Gasteiger partial charge in [-0.25, -0.2) is 4.79 Å². The summed E-state index contributed by atoms with van der Waals surface area (Å²) in [5.74, 6) is -0.640. The van der Waals surface area contributed by atoms with Crippen LogP contribution in [0.2, 0.25) is 0 Å². The highest BCUT2D eigenvalue weighted by atomic mass is 32.1. The quantitative estimate of drug-likeness (QED) is 0.861. The van der Waals surface area contributed by atoms with Gasteiger partial charge in [-0.05, 0) is 32.4 Å². The van der Waals surface area contributed by atoms with E-state index in [9.17, 15) is 9.59 Å².